The lowest BCUT2D eigenvalue weighted by molar-refractivity contribution is 0.131. The van der Waals surface area contributed by atoms with Crippen LogP contribution in [0.4, 0.5) is 0 Å². The third-order valence-electron chi connectivity index (χ3n) is 5.40. The Kier molecular flexibility index (Phi) is 12.1. The molecule has 2 rings (SSSR count). The standard InChI is InChI=1S/C29H44O5/c1-6-8-10-12-13-14-15-17-22-32-27-26(31-21-16-11-9-7-2)23-19-18-20-24(34-29(3,4)5)25(23)33-28(27)30/h9,11,18-20H,6-8,10,12-17,21-22H2,1-5H3/b11-9+. The first-order valence-corrected chi connectivity index (χ1v) is 13.1. The van der Waals surface area contributed by atoms with Crippen molar-refractivity contribution in [3.05, 3.63) is 40.8 Å². The molecule has 0 aliphatic carbocycles. The minimum absolute atomic E-state index is 0.155. The molecule has 0 saturated heterocycles. The number of rotatable bonds is 16. The van der Waals surface area contributed by atoms with Crippen molar-refractivity contribution in [2.24, 2.45) is 0 Å². The van der Waals surface area contributed by atoms with Gasteiger partial charge in [0, 0.05) is 0 Å². The van der Waals surface area contributed by atoms with Crippen LogP contribution in [0, 0.1) is 0 Å². The van der Waals surface area contributed by atoms with E-state index in [-0.39, 0.29) is 5.75 Å². The summed E-state index contributed by atoms with van der Waals surface area (Å²) in [5.41, 5.74) is -0.568. The van der Waals surface area contributed by atoms with Crippen LogP contribution in [-0.4, -0.2) is 18.8 Å². The zero-order valence-electron chi connectivity index (χ0n) is 21.9. The van der Waals surface area contributed by atoms with Crippen molar-refractivity contribution in [3.63, 3.8) is 0 Å². The number of fused-ring (bicyclic) bond motifs is 1. The van der Waals surface area contributed by atoms with Gasteiger partial charge in [0.1, 0.15) is 5.60 Å². The third kappa shape index (κ3) is 9.44. The number of allylic oxidation sites excluding steroid dienone is 1. The van der Waals surface area contributed by atoms with Gasteiger partial charge >= 0.3 is 5.63 Å². The van der Waals surface area contributed by atoms with Gasteiger partial charge < -0.3 is 18.6 Å². The third-order valence-corrected chi connectivity index (χ3v) is 5.40. The normalized spacial score (nSPS) is 11.9. The van der Waals surface area contributed by atoms with Crippen molar-refractivity contribution < 1.29 is 18.6 Å². The average molecular weight is 473 g/mol. The lowest BCUT2D eigenvalue weighted by Crippen LogP contribution is -2.23. The largest absolute Gasteiger partial charge is 0.488 e. The molecule has 5 heteroatoms. The minimum atomic E-state index is -0.531. The molecule has 0 aliphatic heterocycles. The highest BCUT2D eigenvalue weighted by atomic mass is 16.5. The quantitative estimate of drug-likeness (QED) is 0.140. The van der Waals surface area contributed by atoms with E-state index in [1.807, 2.05) is 39.0 Å². The van der Waals surface area contributed by atoms with Gasteiger partial charge in [0.25, 0.3) is 0 Å². The van der Waals surface area contributed by atoms with Crippen molar-refractivity contribution in [1.29, 1.82) is 0 Å². The van der Waals surface area contributed by atoms with E-state index < -0.39 is 11.2 Å². The van der Waals surface area contributed by atoms with Crippen LogP contribution < -0.4 is 19.8 Å². The fraction of sp³-hybridized carbons (Fsp3) is 0.621. The van der Waals surface area contributed by atoms with Gasteiger partial charge in [-0.1, -0.05) is 77.0 Å². The molecule has 0 bridgehead atoms. The fourth-order valence-electron chi connectivity index (χ4n) is 3.76. The Balaban J connectivity index is 2.16. The molecule has 5 nitrogen and oxygen atoms in total. The molecule has 0 spiro atoms. The molecule has 0 unspecified atom stereocenters. The Hall–Kier alpha value is -2.43. The summed E-state index contributed by atoms with van der Waals surface area (Å²) < 4.78 is 23.8. The van der Waals surface area contributed by atoms with Gasteiger partial charge in [-0.2, -0.15) is 0 Å². The lowest BCUT2D eigenvalue weighted by atomic mass is 10.1. The number of unbranched alkanes of at least 4 members (excludes halogenated alkanes) is 7. The van der Waals surface area contributed by atoms with Gasteiger partial charge in [0.05, 0.1) is 18.6 Å². The summed E-state index contributed by atoms with van der Waals surface area (Å²) >= 11 is 0. The van der Waals surface area contributed by atoms with E-state index in [2.05, 4.69) is 26.0 Å². The van der Waals surface area contributed by atoms with Crippen LogP contribution >= 0.6 is 0 Å². The molecule has 0 saturated carbocycles. The highest BCUT2D eigenvalue weighted by Gasteiger charge is 2.22. The maximum absolute atomic E-state index is 12.9. The van der Waals surface area contributed by atoms with Crippen LogP contribution in [0.25, 0.3) is 11.0 Å². The summed E-state index contributed by atoms with van der Waals surface area (Å²) in [4.78, 5) is 12.9. The van der Waals surface area contributed by atoms with Gasteiger partial charge in [-0.3, -0.25) is 0 Å². The van der Waals surface area contributed by atoms with Crippen molar-refractivity contribution >= 4 is 11.0 Å². The van der Waals surface area contributed by atoms with Crippen LogP contribution in [0.5, 0.6) is 17.2 Å². The molecular weight excluding hydrogens is 428 g/mol. The Morgan fingerprint density at radius 3 is 2.21 bits per heavy atom. The summed E-state index contributed by atoms with van der Waals surface area (Å²) in [6, 6.07) is 5.58. The van der Waals surface area contributed by atoms with Crippen LogP contribution in [0.2, 0.25) is 0 Å². The molecule has 0 radical (unpaired) electrons. The SMILES string of the molecule is CC/C=C/CCOc1c(OCCCCCCCCCC)c(=O)oc2c(OC(C)(C)C)cccc12. The van der Waals surface area contributed by atoms with E-state index in [0.29, 0.717) is 35.7 Å². The molecule has 1 heterocycles. The second kappa shape index (κ2) is 14.7. The number of para-hydroxylation sites is 1. The highest BCUT2D eigenvalue weighted by Crippen LogP contribution is 2.38. The maximum atomic E-state index is 12.9. The Labute approximate surface area is 205 Å². The highest BCUT2D eigenvalue weighted by molar-refractivity contribution is 5.89. The molecule has 2 aromatic rings. The summed E-state index contributed by atoms with van der Waals surface area (Å²) in [5, 5.41) is 0.687. The second-order valence-corrected chi connectivity index (χ2v) is 9.74. The Morgan fingerprint density at radius 2 is 1.53 bits per heavy atom. The van der Waals surface area contributed by atoms with Gasteiger partial charge in [0.15, 0.2) is 17.1 Å². The number of ether oxygens (including phenoxy) is 3. The molecule has 0 atom stereocenters. The second-order valence-electron chi connectivity index (χ2n) is 9.74. The van der Waals surface area contributed by atoms with Crippen LogP contribution in [0.3, 0.4) is 0 Å². The summed E-state index contributed by atoms with van der Waals surface area (Å²) in [7, 11) is 0. The van der Waals surface area contributed by atoms with Gasteiger partial charge in [-0.15, -0.1) is 0 Å². The molecule has 190 valence electrons. The monoisotopic (exact) mass is 472 g/mol. The molecule has 1 aromatic carbocycles. The van der Waals surface area contributed by atoms with E-state index in [9.17, 15) is 4.79 Å². The molecule has 0 N–H and O–H groups in total. The molecule has 34 heavy (non-hydrogen) atoms. The number of hydrogen-bond acceptors (Lipinski definition) is 5. The molecule has 1 aromatic heterocycles. The van der Waals surface area contributed by atoms with E-state index in [1.54, 1.807) is 0 Å². The van der Waals surface area contributed by atoms with Crippen molar-refractivity contribution in [2.45, 2.75) is 104 Å². The summed E-state index contributed by atoms with van der Waals surface area (Å²) in [6.45, 7) is 11.1. The lowest BCUT2D eigenvalue weighted by Gasteiger charge is -2.22. The first kappa shape index (κ1) is 27.8. The average Bonchev–Trinajstić information content (AvgIpc) is 2.78. The predicted octanol–water partition coefficient (Wildman–Crippen LogP) is 8.22. The van der Waals surface area contributed by atoms with Crippen molar-refractivity contribution in [1.82, 2.24) is 0 Å². The molecule has 0 aliphatic rings. The first-order chi connectivity index (χ1) is 16.4. The van der Waals surface area contributed by atoms with Gasteiger partial charge in [0.2, 0.25) is 5.75 Å². The Bertz CT molecular complexity index is 936. The zero-order chi connectivity index (χ0) is 24.8. The zero-order valence-corrected chi connectivity index (χ0v) is 21.9. The van der Waals surface area contributed by atoms with Crippen LogP contribution in [-0.2, 0) is 0 Å². The van der Waals surface area contributed by atoms with Crippen molar-refractivity contribution in [2.75, 3.05) is 13.2 Å². The molecule has 0 fully saturated rings. The minimum Gasteiger partial charge on any atom is -0.488 e. The van der Waals surface area contributed by atoms with Crippen LogP contribution in [0.1, 0.15) is 98.8 Å². The molecular formula is C29H44O5. The number of hydrogen-bond donors (Lipinski definition) is 0. The molecule has 0 amide bonds. The fourth-order valence-corrected chi connectivity index (χ4v) is 3.76. The van der Waals surface area contributed by atoms with Gasteiger partial charge in [-0.05, 0) is 52.2 Å². The van der Waals surface area contributed by atoms with E-state index in [0.717, 1.165) is 25.7 Å². The first-order valence-electron chi connectivity index (χ1n) is 13.1. The van der Waals surface area contributed by atoms with E-state index in [1.165, 1.54) is 38.5 Å². The van der Waals surface area contributed by atoms with E-state index >= 15 is 0 Å². The summed E-state index contributed by atoms with van der Waals surface area (Å²) in [5.74, 6) is 1.12. The number of benzene rings is 1. The van der Waals surface area contributed by atoms with Crippen molar-refractivity contribution in [3.8, 4) is 17.2 Å². The van der Waals surface area contributed by atoms with E-state index in [4.69, 9.17) is 18.6 Å². The topological polar surface area (TPSA) is 57.9 Å². The predicted molar refractivity (Wildman–Crippen MR) is 141 cm³/mol. The smallest absolute Gasteiger partial charge is 0.383 e. The van der Waals surface area contributed by atoms with Crippen LogP contribution in [0.15, 0.2) is 39.6 Å². The summed E-state index contributed by atoms with van der Waals surface area (Å²) in [6.07, 6.45) is 15.6. The Morgan fingerprint density at radius 1 is 0.853 bits per heavy atom. The van der Waals surface area contributed by atoms with Gasteiger partial charge in [-0.25, -0.2) is 4.79 Å². The maximum Gasteiger partial charge on any atom is 0.383 e.